The van der Waals surface area contributed by atoms with Crippen LogP contribution in [0, 0.1) is 18.8 Å². The summed E-state index contributed by atoms with van der Waals surface area (Å²) in [6, 6.07) is 23.9. The molecule has 0 unspecified atom stereocenters. The summed E-state index contributed by atoms with van der Waals surface area (Å²) in [6.07, 6.45) is 0. The number of imide groups is 1. The lowest BCUT2D eigenvalue weighted by molar-refractivity contribution is -0.140. The van der Waals surface area contributed by atoms with E-state index in [9.17, 15) is 14.4 Å². The molecule has 0 saturated carbocycles. The number of benzene rings is 3. The van der Waals surface area contributed by atoms with Crippen LogP contribution in [0.5, 0.6) is 0 Å². The van der Waals surface area contributed by atoms with Crippen LogP contribution in [0.25, 0.3) is 0 Å². The average molecular weight is 437 g/mol. The van der Waals surface area contributed by atoms with Gasteiger partial charge in [-0.05, 0) is 40.8 Å². The zero-order valence-corrected chi connectivity index (χ0v) is 18.6. The Kier molecular flexibility index (Phi) is 4.31. The first-order valence-corrected chi connectivity index (χ1v) is 11.4. The lowest BCUT2D eigenvalue weighted by Gasteiger charge is -2.45. The first-order valence-electron chi connectivity index (χ1n) is 11.4. The minimum atomic E-state index is -0.432. The molecule has 0 radical (unpaired) electrons. The summed E-state index contributed by atoms with van der Waals surface area (Å²) >= 11 is 0. The summed E-state index contributed by atoms with van der Waals surface area (Å²) in [5, 5.41) is 0. The van der Waals surface area contributed by atoms with E-state index in [1.54, 1.807) is 0 Å². The quantitative estimate of drug-likeness (QED) is 0.579. The van der Waals surface area contributed by atoms with Gasteiger partial charge in [-0.1, -0.05) is 66.7 Å². The molecule has 33 heavy (non-hydrogen) atoms. The molecule has 1 heterocycles. The number of carbonyl (C=O) groups is 3. The Hall–Kier alpha value is -3.73. The zero-order valence-electron chi connectivity index (χ0n) is 18.6. The lowest BCUT2D eigenvalue weighted by atomic mass is 9.55. The monoisotopic (exact) mass is 436 g/mol. The number of hydrogen-bond acceptors (Lipinski definition) is 3. The summed E-state index contributed by atoms with van der Waals surface area (Å²) in [5.74, 6) is -1.70. The summed E-state index contributed by atoms with van der Waals surface area (Å²) in [7, 11) is 0. The molecule has 164 valence electrons. The molecule has 5 heteroatoms. The molecule has 3 aromatic rings. The summed E-state index contributed by atoms with van der Waals surface area (Å²) in [6.45, 7) is 3.34. The van der Waals surface area contributed by atoms with Crippen LogP contribution < -0.4 is 4.90 Å². The van der Waals surface area contributed by atoms with Crippen LogP contribution in [0.2, 0.25) is 0 Å². The molecular weight excluding hydrogens is 412 g/mol. The van der Waals surface area contributed by atoms with Crippen molar-refractivity contribution < 1.29 is 14.4 Å². The second-order valence-electron chi connectivity index (χ2n) is 9.24. The van der Waals surface area contributed by atoms with Crippen LogP contribution in [-0.4, -0.2) is 29.3 Å². The highest BCUT2D eigenvalue weighted by molar-refractivity contribution is 6.08. The second kappa shape index (κ2) is 7.14. The van der Waals surface area contributed by atoms with Crippen molar-refractivity contribution in [3.8, 4) is 0 Å². The summed E-state index contributed by atoms with van der Waals surface area (Å²) in [5.41, 5.74) is 6.22. The van der Waals surface area contributed by atoms with Crippen molar-refractivity contribution in [3.63, 3.8) is 0 Å². The van der Waals surface area contributed by atoms with E-state index in [4.69, 9.17) is 0 Å². The molecular formula is C28H24N2O3. The van der Waals surface area contributed by atoms with E-state index in [2.05, 4.69) is 24.3 Å². The predicted octanol–water partition coefficient (Wildman–Crippen LogP) is 4.20. The zero-order chi connectivity index (χ0) is 22.9. The Morgan fingerprint density at radius 3 is 1.61 bits per heavy atom. The van der Waals surface area contributed by atoms with Crippen LogP contribution in [0.1, 0.15) is 46.6 Å². The van der Waals surface area contributed by atoms with Gasteiger partial charge < -0.3 is 0 Å². The van der Waals surface area contributed by atoms with Crippen LogP contribution >= 0.6 is 0 Å². The van der Waals surface area contributed by atoms with E-state index in [1.807, 2.05) is 55.5 Å². The van der Waals surface area contributed by atoms with Gasteiger partial charge in [-0.25, -0.2) is 0 Å². The van der Waals surface area contributed by atoms with Crippen LogP contribution in [-0.2, 0) is 14.4 Å². The number of para-hydroxylation sites is 1. The Labute approximate surface area is 192 Å². The van der Waals surface area contributed by atoms with Crippen molar-refractivity contribution in [2.75, 3.05) is 11.6 Å². The Morgan fingerprint density at radius 2 is 1.18 bits per heavy atom. The van der Waals surface area contributed by atoms with E-state index in [0.717, 1.165) is 33.5 Å². The van der Waals surface area contributed by atoms with Gasteiger partial charge >= 0.3 is 0 Å². The molecule has 4 aliphatic rings. The van der Waals surface area contributed by atoms with Gasteiger partial charge in [0, 0.05) is 24.4 Å². The Bertz CT molecular complexity index is 1210. The molecule has 1 fully saturated rings. The topological polar surface area (TPSA) is 57.7 Å². The van der Waals surface area contributed by atoms with Gasteiger partial charge in [-0.15, -0.1) is 0 Å². The maximum Gasteiger partial charge on any atom is 0.235 e. The first kappa shape index (κ1) is 19.9. The first-order chi connectivity index (χ1) is 16.0. The maximum atomic E-state index is 13.8. The van der Waals surface area contributed by atoms with E-state index >= 15 is 0 Å². The molecule has 3 aliphatic carbocycles. The van der Waals surface area contributed by atoms with E-state index in [0.29, 0.717) is 0 Å². The highest BCUT2D eigenvalue weighted by Crippen LogP contribution is 2.60. The SMILES string of the molecule is CC(=O)N(CN1C(=O)[C@@H]2C3c4ccccc4C(c4ccccc43)[C@H]2C1=O)c1ccccc1C. The molecule has 0 aromatic heterocycles. The number of anilines is 1. The van der Waals surface area contributed by atoms with Gasteiger partial charge in [-0.3, -0.25) is 24.2 Å². The molecule has 3 amide bonds. The molecule has 7 rings (SSSR count). The molecule has 0 spiro atoms. The second-order valence-corrected chi connectivity index (χ2v) is 9.24. The Balaban J connectivity index is 1.44. The van der Waals surface area contributed by atoms with Crippen LogP contribution in [0.15, 0.2) is 72.8 Å². The molecule has 3 aromatic carbocycles. The minimum absolute atomic E-state index is 0.0585. The summed E-state index contributed by atoms with van der Waals surface area (Å²) in [4.78, 5) is 43.0. The summed E-state index contributed by atoms with van der Waals surface area (Å²) < 4.78 is 0. The van der Waals surface area contributed by atoms with E-state index < -0.39 is 11.8 Å². The van der Waals surface area contributed by atoms with Gasteiger partial charge in [0.1, 0.15) is 6.67 Å². The van der Waals surface area contributed by atoms with Crippen molar-refractivity contribution in [2.24, 2.45) is 11.8 Å². The molecule has 0 N–H and O–H groups in total. The fourth-order valence-corrected chi connectivity index (χ4v) is 6.23. The van der Waals surface area contributed by atoms with Gasteiger partial charge in [-0.2, -0.15) is 0 Å². The Morgan fingerprint density at radius 1 is 0.758 bits per heavy atom. The number of amides is 3. The largest absolute Gasteiger partial charge is 0.294 e. The van der Waals surface area contributed by atoms with Gasteiger partial charge in [0.05, 0.1) is 11.8 Å². The van der Waals surface area contributed by atoms with Crippen molar-refractivity contribution >= 4 is 23.4 Å². The van der Waals surface area contributed by atoms with E-state index in [1.165, 1.54) is 16.7 Å². The molecule has 1 aliphatic heterocycles. The van der Waals surface area contributed by atoms with Crippen LogP contribution in [0.3, 0.4) is 0 Å². The highest BCUT2D eigenvalue weighted by Gasteiger charge is 2.61. The fourth-order valence-electron chi connectivity index (χ4n) is 6.23. The molecule has 2 bridgehead atoms. The van der Waals surface area contributed by atoms with Crippen molar-refractivity contribution in [1.29, 1.82) is 0 Å². The van der Waals surface area contributed by atoms with Crippen molar-refractivity contribution in [1.82, 2.24) is 4.90 Å². The van der Waals surface area contributed by atoms with Gasteiger partial charge in [0.25, 0.3) is 0 Å². The smallest absolute Gasteiger partial charge is 0.235 e. The number of aryl methyl sites for hydroxylation is 1. The number of hydrogen-bond donors (Lipinski definition) is 0. The number of likely N-dealkylation sites (tertiary alicyclic amines) is 1. The van der Waals surface area contributed by atoms with E-state index in [-0.39, 0.29) is 36.2 Å². The van der Waals surface area contributed by atoms with Crippen molar-refractivity contribution in [2.45, 2.75) is 25.7 Å². The van der Waals surface area contributed by atoms with Gasteiger partial charge in [0.2, 0.25) is 17.7 Å². The normalized spacial score (nSPS) is 24.4. The molecule has 1 saturated heterocycles. The predicted molar refractivity (Wildman–Crippen MR) is 125 cm³/mol. The number of rotatable bonds is 3. The minimum Gasteiger partial charge on any atom is -0.294 e. The maximum absolute atomic E-state index is 13.8. The molecule has 2 atom stereocenters. The number of nitrogens with zero attached hydrogens (tertiary/aromatic N) is 2. The van der Waals surface area contributed by atoms with Crippen LogP contribution in [0.4, 0.5) is 5.69 Å². The fraction of sp³-hybridized carbons (Fsp3) is 0.250. The van der Waals surface area contributed by atoms with Crippen molar-refractivity contribution in [3.05, 3.63) is 101 Å². The third-order valence-electron chi connectivity index (χ3n) is 7.61. The molecule has 5 nitrogen and oxygen atoms in total. The average Bonchev–Trinajstić information content (AvgIpc) is 3.08. The third kappa shape index (κ3) is 2.68. The lowest BCUT2D eigenvalue weighted by Crippen LogP contribution is -2.44. The third-order valence-corrected chi connectivity index (χ3v) is 7.61. The highest BCUT2D eigenvalue weighted by atomic mass is 16.2. The standard InChI is InChI=1S/C28H24N2O3/c1-16-9-3-8-14-22(16)29(17(2)31)15-30-27(32)25-23-18-10-4-5-11-19(18)24(26(25)28(30)33)21-13-7-6-12-20(21)23/h3-14,23-26H,15H2,1-2H3/t23?,24?,25-,26-/m1/s1. The number of carbonyl (C=O) groups excluding carboxylic acids is 3. The van der Waals surface area contributed by atoms with Gasteiger partial charge in [0.15, 0.2) is 0 Å².